The molecule has 0 saturated carbocycles. The number of thiazole rings is 1. The van der Waals surface area contributed by atoms with E-state index in [2.05, 4.69) is 15.3 Å². The number of ether oxygens (including phenoxy) is 1. The summed E-state index contributed by atoms with van der Waals surface area (Å²) in [5, 5.41) is 5.25. The van der Waals surface area contributed by atoms with Gasteiger partial charge in [0.2, 0.25) is 0 Å². The van der Waals surface area contributed by atoms with Gasteiger partial charge in [-0.25, -0.2) is 4.98 Å². The fourth-order valence-corrected chi connectivity index (χ4v) is 3.68. The van der Waals surface area contributed by atoms with Crippen molar-refractivity contribution in [2.45, 2.75) is 19.5 Å². The van der Waals surface area contributed by atoms with Crippen LogP contribution in [-0.2, 0) is 12.6 Å². The smallest absolute Gasteiger partial charge is 0.420 e. The molecule has 0 atom stereocenters. The number of hydrogen-bond acceptors (Lipinski definition) is 5. The van der Waals surface area contributed by atoms with Crippen molar-refractivity contribution in [1.29, 1.82) is 0 Å². The zero-order chi connectivity index (χ0) is 21.8. The van der Waals surface area contributed by atoms with Crippen molar-refractivity contribution in [3.63, 3.8) is 0 Å². The molecule has 4 rings (SSSR count). The third-order valence-corrected chi connectivity index (χ3v) is 5.31. The molecule has 1 N–H and O–H groups in total. The summed E-state index contributed by atoms with van der Waals surface area (Å²) in [6.07, 6.45) is -0.386. The summed E-state index contributed by atoms with van der Waals surface area (Å²) >= 11 is 1.30. The molecule has 4 aromatic rings. The molecule has 0 spiro atoms. The van der Waals surface area contributed by atoms with E-state index < -0.39 is 11.7 Å². The van der Waals surface area contributed by atoms with Crippen LogP contribution >= 0.6 is 11.3 Å². The SMILES string of the molecule is CCc1ccc(Oc2ccc(Nc3nc(-c4cccnc4)cs3)cc2C(F)(F)F)cc1. The predicted molar refractivity (Wildman–Crippen MR) is 116 cm³/mol. The van der Waals surface area contributed by atoms with Crippen LogP contribution in [0.2, 0.25) is 0 Å². The Morgan fingerprint density at radius 1 is 1.06 bits per heavy atom. The summed E-state index contributed by atoms with van der Waals surface area (Å²) in [5.41, 5.74) is 2.03. The molecule has 0 fully saturated rings. The van der Waals surface area contributed by atoms with Crippen LogP contribution in [0.25, 0.3) is 11.3 Å². The average Bonchev–Trinajstić information content (AvgIpc) is 3.24. The predicted octanol–water partition coefficient (Wildman–Crippen LogP) is 7.32. The van der Waals surface area contributed by atoms with Crippen molar-refractivity contribution in [1.82, 2.24) is 9.97 Å². The van der Waals surface area contributed by atoms with Gasteiger partial charge in [-0.05, 0) is 54.4 Å². The first-order valence-electron chi connectivity index (χ1n) is 9.53. The maximum absolute atomic E-state index is 13.7. The maximum Gasteiger partial charge on any atom is 0.420 e. The molecule has 8 heteroatoms. The largest absolute Gasteiger partial charge is 0.457 e. The summed E-state index contributed by atoms with van der Waals surface area (Å²) in [5.74, 6) is 0.0990. The second-order valence-corrected chi connectivity index (χ2v) is 7.57. The Balaban J connectivity index is 1.57. The van der Waals surface area contributed by atoms with E-state index in [4.69, 9.17) is 4.74 Å². The second kappa shape index (κ2) is 8.77. The first kappa shape index (κ1) is 20.9. The van der Waals surface area contributed by atoms with Gasteiger partial charge >= 0.3 is 6.18 Å². The lowest BCUT2D eigenvalue weighted by molar-refractivity contribution is -0.138. The van der Waals surface area contributed by atoms with Crippen LogP contribution < -0.4 is 10.1 Å². The Labute approximate surface area is 181 Å². The van der Waals surface area contributed by atoms with Crippen molar-refractivity contribution < 1.29 is 17.9 Å². The molecule has 0 saturated heterocycles. The summed E-state index contributed by atoms with van der Waals surface area (Å²) < 4.78 is 46.6. The van der Waals surface area contributed by atoms with Crippen LogP contribution in [-0.4, -0.2) is 9.97 Å². The van der Waals surface area contributed by atoms with Gasteiger partial charge in [-0.2, -0.15) is 13.2 Å². The van der Waals surface area contributed by atoms with Crippen molar-refractivity contribution in [3.05, 3.63) is 83.5 Å². The van der Waals surface area contributed by atoms with Crippen molar-refractivity contribution >= 4 is 22.2 Å². The highest BCUT2D eigenvalue weighted by molar-refractivity contribution is 7.14. The molecule has 2 aromatic heterocycles. The number of pyridine rings is 1. The Kier molecular flexibility index (Phi) is 5.90. The number of nitrogens with one attached hydrogen (secondary N) is 1. The average molecular weight is 441 g/mol. The van der Waals surface area contributed by atoms with Gasteiger partial charge in [0.05, 0.1) is 5.69 Å². The van der Waals surface area contributed by atoms with E-state index in [9.17, 15) is 13.2 Å². The minimum Gasteiger partial charge on any atom is -0.457 e. The molecule has 0 aliphatic heterocycles. The van der Waals surface area contributed by atoms with E-state index in [-0.39, 0.29) is 11.4 Å². The maximum atomic E-state index is 13.7. The number of rotatable bonds is 6. The van der Waals surface area contributed by atoms with E-state index in [0.29, 0.717) is 16.6 Å². The molecule has 0 amide bonds. The molecule has 0 bridgehead atoms. The third-order valence-electron chi connectivity index (χ3n) is 4.56. The highest BCUT2D eigenvalue weighted by Crippen LogP contribution is 2.40. The number of nitrogens with zero attached hydrogens (tertiary/aromatic N) is 2. The molecule has 31 heavy (non-hydrogen) atoms. The number of alkyl halides is 3. The lowest BCUT2D eigenvalue weighted by Gasteiger charge is -2.15. The van der Waals surface area contributed by atoms with Crippen LogP contribution in [0.1, 0.15) is 18.1 Å². The first-order valence-corrected chi connectivity index (χ1v) is 10.4. The molecule has 2 heterocycles. The molecule has 0 aliphatic carbocycles. The Bertz CT molecular complexity index is 1160. The molecule has 0 unspecified atom stereocenters. The van der Waals surface area contributed by atoms with Crippen LogP contribution in [0.4, 0.5) is 24.0 Å². The number of aryl methyl sites for hydroxylation is 1. The van der Waals surface area contributed by atoms with Gasteiger partial charge in [-0.15, -0.1) is 11.3 Å². The van der Waals surface area contributed by atoms with Crippen LogP contribution in [0, 0.1) is 0 Å². The van der Waals surface area contributed by atoms with Gasteiger partial charge in [-0.1, -0.05) is 19.1 Å². The van der Waals surface area contributed by atoms with E-state index in [1.165, 1.54) is 23.5 Å². The lowest BCUT2D eigenvalue weighted by atomic mass is 10.1. The van der Waals surface area contributed by atoms with Gasteiger partial charge in [-0.3, -0.25) is 4.98 Å². The number of anilines is 2. The quantitative estimate of drug-likeness (QED) is 0.340. The minimum absolute atomic E-state index is 0.252. The van der Waals surface area contributed by atoms with Gasteiger partial charge < -0.3 is 10.1 Å². The van der Waals surface area contributed by atoms with E-state index in [1.807, 2.05) is 30.5 Å². The summed E-state index contributed by atoms with van der Waals surface area (Å²) in [6, 6.07) is 14.5. The van der Waals surface area contributed by atoms with Crippen LogP contribution in [0.15, 0.2) is 72.4 Å². The topological polar surface area (TPSA) is 47.0 Å². The van der Waals surface area contributed by atoms with E-state index >= 15 is 0 Å². The Morgan fingerprint density at radius 3 is 2.55 bits per heavy atom. The molecule has 4 nitrogen and oxygen atoms in total. The second-order valence-electron chi connectivity index (χ2n) is 6.71. The number of aromatic nitrogens is 2. The van der Waals surface area contributed by atoms with Gasteiger partial charge in [0.25, 0.3) is 0 Å². The third kappa shape index (κ3) is 5.03. The zero-order valence-electron chi connectivity index (χ0n) is 16.5. The monoisotopic (exact) mass is 441 g/mol. The standard InChI is InChI=1S/C23H18F3N3OS/c1-2-15-5-8-18(9-6-15)30-21-10-7-17(12-19(21)23(24,25)26)28-22-29-20(14-31-22)16-4-3-11-27-13-16/h3-14H,2H2,1H3,(H,28,29). The van der Waals surface area contributed by atoms with Crippen molar-refractivity contribution in [2.24, 2.45) is 0 Å². The van der Waals surface area contributed by atoms with Gasteiger partial charge in [0, 0.05) is 29.0 Å². The summed E-state index contributed by atoms with van der Waals surface area (Å²) in [4.78, 5) is 8.48. The number of hydrogen-bond donors (Lipinski definition) is 1. The van der Waals surface area contributed by atoms with Gasteiger partial charge in [0.15, 0.2) is 5.13 Å². The van der Waals surface area contributed by atoms with E-state index in [1.54, 1.807) is 30.6 Å². The van der Waals surface area contributed by atoms with Crippen molar-refractivity contribution in [2.75, 3.05) is 5.32 Å². The van der Waals surface area contributed by atoms with Crippen LogP contribution in [0.3, 0.4) is 0 Å². The molecular formula is C23H18F3N3OS. The Hall–Kier alpha value is -3.39. The zero-order valence-corrected chi connectivity index (χ0v) is 17.3. The highest BCUT2D eigenvalue weighted by atomic mass is 32.1. The number of benzene rings is 2. The normalized spacial score (nSPS) is 11.4. The summed E-state index contributed by atoms with van der Waals surface area (Å²) in [7, 11) is 0. The molecular weight excluding hydrogens is 423 g/mol. The minimum atomic E-state index is -4.57. The van der Waals surface area contributed by atoms with Gasteiger partial charge in [0.1, 0.15) is 17.1 Å². The van der Waals surface area contributed by atoms with E-state index in [0.717, 1.165) is 23.6 Å². The molecule has 0 radical (unpaired) electrons. The first-order chi connectivity index (χ1) is 14.9. The number of halogens is 3. The van der Waals surface area contributed by atoms with Crippen LogP contribution in [0.5, 0.6) is 11.5 Å². The van der Waals surface area contributed by atoms with Crippen molar-refractivity contribution in [3.8, 4) is 22.8 Å². The fourth-order valence-electron chi connectivity index (χ4n) is 2.94. The summed E-state index contributed by atoms with van der Waals surface area (Å²) in [6.45, 7) is 2.01. The lowest BCUT2D eigenvalue weighted by Crippen LogP contribution is -2.08. The highest BCUT2D eigenvalue weighted by Gasteiger charge is 2.35. The molecule has 0 aliphatic rings. The molecule has 158 valence electrons. The Morgan fingerprint density at radius 2 is 1.87 bits per heavy atom. The molecule has 2 aromatic carbocycles. The fraction of sp³-hybridized carbons (Fsp3) is 0.130.